The second-order valence-corrected chi connectivity index (χ2v) is 3.63. The summed E-state index contributed by atoms with van der Waals surface area (Å²) in [5.41, 5.74) is 0. The molecule has 0 aromatic rings. The number of fused-ring (bicyclic) bond motifs is 2. The highest BCUT2D eigenvalue weighted by molar-refractivity contribution is 8.00. The zero-order valence-corrected chi connectivity index (χ0v) is 6.23. The molecule has 2 atom stereocenters. The zero-order chi connectivity index (χ0) is 4.69. The number of halogens is 1. The van der Waals surface area contributed by atoms with Gasteiger partial charge in [0.05, 0.1) is 0 Å². The van der Waals surface area contributed by atoms with Crippen molar-refractivity contribution < 1.29 is 0 Å². The Hall–Kier alpha value is 0.600. The number of hydrogen-bond acceptors (Lipinski definition) is 2. The number of nitrogens with one attached hydrogen (secondary N) is 1. The molecule has 0 amide bonds. The van der Waals surface area contributed by atoms with E-state index in [1.165, 1.54) is 18.7 Å². The lowest BCUT2D eigenvalue weighted by molar-refractivity contribution is 0.679. The van der Waals surface area contributed by atoms with Gasteiger partial charge in [0.2, 0.25) is 0 Å². The van der Waals surface area contributed by atoms with Crippen molar-refractivity contribution in [3.63, 3.8) is 0 Å². The van der Waals surface area contributed by atoms with Gasteiger partial charge in [0.25, 0.3) is 0 Å². The Morgan fingerprint density at radius 1 is 1.50 bits per heavy atom. The molecule has 0 saturated carbocycles. The van der Waals surface area contributed by atoms with Gasteiger partial charge in [-0.25, -0.2) is 0 Å². The van der Waals surface area contributed by atoms with Crippen LogP contribution in [0.15, 0.2) is 0 Å². The molecule has 2 saturated heterocycles. The van der Waals surface area contributed by atoms with E-state index in [1.54, 1.807) is 0 Å². The molecule has 1 N–H and O–H groups in total. The first-order valence-corrected chi connectivity index (χ1v) is 3.85. The van der Waals surface area contributed by atoms with Crippen molar-refractivity contribution in [1.82, 2.24) is 5.32 Å². The minimum absolute atomic E-state index is 0. The van der Waals surface area contributed by atoms with Crippen LogP contribution in [-0.4, -0.2) is 23.6 Å². The van der Waals surface area contributed by atoms with Crippen molar-refractivity contribution >= 4 is 24.2 Å². The van der Waals surface area contributed by atoms with Crippen LogP contribution in [0.3, 0.4) is 0 Å². The first-order valence-electron chi connectivity index (χ1n) is 2.80. The summed E-state index contributed by atoms with van der Waals surface area (Å²) < 4.78 is 0. The van der Waals surface area contributed by atoms with Crippen LogP contribution in [0.25, 0.3) is 0 Å². The molecular weight excluding hydrogens is 142 g/mol. The zero-order valence-electron chi connectivity index (χ0n) is 4.59. The van der Waals surface area contributed by atoms with Crippen molar-refractivity contribution in [2.75, 3.05) is 12.3 Å². The van der Waals surface area contributed by atoms with E-state index in [4.69, 9.17) is 0 Å². The minimum atomic E-state index is 0. The third-order valence-corrected chi connectivity index (χ3v) is 3.14. The van der Waals surface area contributed by atoms with Crippen molar-refractivity contribution in [1.29, 1.82) is 0 Å². The van der Waals surface area contributed by atoms with Gasteiger partial charge < -0.3 is 5.32 Å². The summed E-state index contributed by atoms with van der Waals surface area (Å²) in [5.74, 6) is 1.37. The van der Waals surface area contributed by atoms with E-state index >= 15 is 0 Å². The molecule has 1 nitrogen and oxygen atoms in total. The molecule has 0 unspecified atom stereocenters. The number of rotatable bonds is 0. The maximum absolute atomic E-state index is 3.44. The minimum Gasteiger partial charge on any atom is -0.312 e. The van der Waals surface area contributed by atoms with E-state index in [9.17, 15) is 0 Å². The molecule has 2 aliphatic rings. The monoisotopic (exact) mass is 151 g/mol. The van der Waals surface area contributed by atoms with Gasteiger partial charge in [0.1, 0.15) is 0 Å². The molecule has 0 spiro atoms. The van der Waals surface area contributed by atoms with Gasteiger partial charge in [-0.05, 0) is 6.42 Å². The smallest absolute Gasteiger partial charge is 0.0188 e. The average molecular weight is 152 g/mol. The Morgan fingerprint density at radius 3 is 2.50 bits per heavy atom. The van der Waals surface area contributed by atoms with E-state index in [2.05, 4.69) is 17.1 Å². The Kier molecular flexibility index (Phi) is 2.07. The predicted octanol–water partition coefficient (Wildman–Crippen LogP) is 0.885. The molecule has 0 radical (unpaired) electrons. The van der Waals surface area contributed by atoms with Crippen molar-refractivity contribution in [2.24, 2.45) is 0 Å². The third-order valence-electron chi connectivity index (χ3n) is 1.71. The normalized spacial score (nSPS) is 42.0. The van der Waals surface area contributed by atoms with Crippen LogP contribution in [0.1, 0.15) is 6.42 Å². The van der Waals surface area contributed by atoms with E-state index in [-0.39, 0.29) is 12.4 Å². The van der Waals surface area contributed by atoms with E-state index in [0.29, 0.717) is 0 Å². The van der Waals surface area contributed by atoms with Crippen molar-refractivity contribution in [3.05, 3.63) is 0 Å². The Labute approximate surface area is 60.0 Å². The molecule has 0 aromatic heterocycles. The number of hydrogen-bond donors (Lipinski definition) is 1. The van der Waals surface area contributed by atoms with Gasteiger partial charge in [0, 0.05) is 23.6 Å². The highest BCUT2D eigenvalue weighted by Crippen LogP contribution is 2.30. The van der Waals surface area contributed by atoms with Crippen LogP contribution in [0, 0.1) is 0 Å². The molecule has 0 aromatic carbocycles. The Morgan fingerprint density at radius 2 is 2.38 bits per heavy atom. The lowest BCUT2D eigenvalue weighted by atomic mass is 10.3. The van der Waals surface area contributed by atoms with Gasteiger partial charge in [0.15, 0.2) is 0 Å². The summed E-state index contributed by atoms with van der Waals surface area (Å²) in [5, 5.41) is 4.41. The van der Waals surface area contributed by atoms with Crippen LogP contribution in [0.2, 0.25) is 0 Å². The van der Waals surface area contributed by atoms with Gasteiger partial charge >= 0.3 is 0 Å². The Bertz CT molecular complexity index is 70.5. The van der Waals surface area contributed by atoms with Crippen LogP contribution in [0.4, 0.5) is 0 Å². The predicted molar refractivity (Wildman–Crippen MR) is 39.9 cm³/mol. The van der Waals surface area contributed by atoms with Crippen molar-refractivity contribution in [3.8, 4) is 0 Å². The first-order chi connectivity index (χ1) is 3.45. The lowest BCUT2D eigenvalue weighted by Crippen LogP contribution is -2.26. The van der Waals surface area contributed by atoms with Gasteiger partial charge in [-0.1, -0.05) is 0 Å². The number of thioether (sulfide) groups is 1. The van der Waals surface area contributed by atoms with Crippen LogP contribution >= 0.6 is 24.2 Å². The van der Waals surface area contributed by atoms with E-state index in [1.807, 2.05) is 0 Å². The highest BCUT2D eigenvalue weighted by Gasteiger charge is 2.30. The fourth-order valence-corrected chi connectivity index (χ4v) is 2.63. The standard InChI is InChI=1S/C5H9NS.ClH/c1-4-3-7-5(1)2-6-4;/h4-6H,1-3H2;1H/t4-,5-;/m0./s1. The van der Waals surface area contributed by atoms with E-state index in [0.717, 1.165) is 11.3 Å². The lowest BCUT2D eigenvalue weighted by Gasteiger charge is -2.08. The summed E-state index contributed by atoms with van der Waals surface area (Å²) in [6.45, 7) is 1.27. The van der Waals surface area contributed by atoms with E-state index < -0.39 is 0 Å². The maximum atomic E-state index is 3.44. The molecule has 3 heteroatoms. The summed E-state index contributed by atoms with van der Waals surface area (Å²) in [6.07, 6.45) is 1.44. The highest BCUT2D eigenvalue weighted by atomic mass is 35.5. The summed E-state index contributed by atoms with van der Waals surface area (Å²) in [4.78, 5) is 0. The first kappa shape index (κ1) is 6.72. The van der Waals surface area contributed by atoms with Crippen LogP contribution < -0.4 is 5.32 Å². The maximum Gasteiger partial charge on any atom is 0.0188 e. The third kappa shape index (κ3) is 0.971. The quantitative estimate of drug-likeness (QED) is 0.552. The molecule has 2 aliphatic heterocycles. The van der Waals surface area contributed by atoms with Crippen LogP contribution in [-0.2, 0) is 0 Å². The molecule has 8 heavy (non-hydrogen) atoms. The average Bonchev–Trinajstić information content (AvgIpc) is 2.22. The molecule has 0 aliphatic carbocycles. The summed E-state index contributed by atoms with van der Waals surface area (Å²) in [7, 11) is 0. The molecule has 2 heterocycles. The molecular formula is C5H10ClNS. The molecule has 2 rings (SSSR count). The molecule has 2 bridgehead atoms. The largest absolute Gasteiger partial charge is 0.312 e. The van der Waals surface area contributed by atoms with Crippen LogP contribution in [0.5, 0.6) is 0 Å². The van der Waals surface area contributed by atoms with Gasteiger partial charge in [-0.3, -0.25) is 0 Å². The van der Waals surface area contributed by atoms with Gasteiger partial charge in [-0.2, -0.15) is 11.8 Å². The topological polar surface area (TPSA) is 12.0 Å². The summed E-state index contributed by atoms with van der Waals surface area (Å²) >= 11 is 2.13. The second-order valence-electron chi connectivity index (χ2n) is 2.30. The fraction of sp³-hybridized carbons (Fsp3) is 1.00. The van der Waals surface area contributed by atoms with Crippen molar-refractivity contribution in [2.45, 2.75) is 17.7 Å². The fourth-order valence-electron chi connectivity index (χ4n) is 1.29. The molecule has 48 valence electrons. The molecule has 2 fully saturated rings. The second kappa shape index (κ2) is 2.46. The Balaban J connectivity index is 0.000000320. The summed E-state index contributed by atoms with van der Waals surface area (Å²) in [6, 6.07) is 0.884. The SMILES string of the molecule is C1S[C@@H]2CN[C@H]1C2.Cl. The van der Waals surface area contributed by atoms with Gasteiger partial charge in [-0.15, -0.1) is 12.4 Å².